The van der Waals surface area contributed by atoms with Gasteiger partial charge in [0.15, 0.2) is 6.10 Å². The largest absolute Gasteiger partial charge is 0.573 e. The van der Waals surface area contributed by atoms with Crippen LogP contribution in [-0.2, 0) is 9.53 Å². The number of rotatable bonds is 5. The number of nitrogens with one attached hydrogen (secondary N) is 1. The Morgan fingerprint density at radius 3 is 2.07 bits per heavy atom. The lowest BCUT2D eigenvalue weighted by Gasteiger charge is -2.14. The van der Waals surface area contributed by atoms with E-state index >= 15 is 0 Å². The maximum Gasteiger partial charge on any atom is 0.573 e. The molecule has 0 saturated carbocycles. The van der Waals surface area contributed by atoms with Crippen molar-refractivity contribution in [3.05, 3.63) is 59.7 Å². The summed E-state index contributed by atoms with van der Waals surface area (Å²) in [4.78, 5) is 23.8. The number of halogens is 5. The van der Waals surface area contributed by atoms with Gasteiger partial charge in [-0.3, -0.25) is 4.79 Å². The van der Waals surface area contributed by atoms with Crippen molar-refractivity contribution in [2.24, 2.45) is 0 Å². The normalized spacial score (nSPS) is 12.2. The summed E-state index contributed by atoms with van der Waals surface area (Å²) in [6, 6.07) is 6.96. The Morgan fingerprint density at radius 1 is 1.00 bits per heavy atom. The Bertz CT molecular complexity index is 816. The van der Waals surface area contributed by atoms with E-state index in [0.29, 0.717) is 0 Å². The molecule has 0 heterocycles. The molecule has 1 atom stereocenters. The summed E-state index contributed by atoms with van der Waals surface area (Å²) in [5.74, 6) is -5.01. The van der Waals surface area contributed by atoms with Gasteiger partial charge in [0.1, 0.15) is 22.9 Å². The third-order valence-corrected chi connectivity index (χ3v) is 3.18. The van der Waals surface area contributed by atoms with Crippen molar-refractivity contribution in [1.82, 2.24) is 0 Å². The molecule has 0 fully saturated rings. The van der Waals surface area contributed by atoms with E-state index in [0.717, 1.165) is 49.4 Å². The number of hydrogen-bond donors (Lipinski definition) is 1. The quantitative estimate of drug-likeness (QED) is 0.619. The summed E-state index contributed by atoms with van der Waals surface area (Å²) in [6.45, 7) is 1.16. The first-order valence-electron chi connectivity index (χ1n) is 7.38. The van der Waals surface area contributed by atoms with Crippen molar-refractivity contribution in [2.45, 2.75) is 19.4 Å². The van der Waals surface area contributed by atoms with Crippen LogP contribution in [0.25, 0.3) is 0 Å². The fourth-order valence-electron chi connectivity index (χ4n) is 1.95. The molecule has 0 bridgehead atoms. The number of amides is 1. The maximum absolute atomic E-state index is 13.5. The summed E-state index contributed by atoms with van der Waals surface area (Å²) in [7, 11) is 0. The molecule has 2 aromatic rings. The van der Waals surface area contributed by atoms with E-state index in [1.165, 1.54) is 0 Å². The maximum atomic E-state index is 13.5. The Kier molecular flexibility index (Phi) is 5.98. The number of anilines is 1. The molecule has 0 aliphatic heterocycles. The number of carbonyl (C=O) groups is 2. The van der Waals surface area contributed by atoms with Gasteiger partial charge < -0.3 is 14.8 Å². The fourth-order valence-corrected chi connectivity index (χ4v) is 1.95. The number of alkyl halides is 3. The minimum absolute atomic E-state index is 0.0921. The zero-order valence-corrected chi connectivity index (χ0v) is 13.6. The number of esters is 1. The number of hydrogen-bond acceptors (Lipinski definition) is 4. The summed E-state index contributed by atoms with van der Waals surface area (Å²) in [5.41, 5.74) is -0.847. The minimum Gasteiger partial charge on any atom is -0.449 e. The minimum atomic E-state index is -4.85. The average molecular weight is 389 g/mol. The number of carbonyl (C=O) groups excluding carboxylic acids is 2. The highest BCUT2D eigenvalue weighted by Gasteiger charge is 2.31. The zero-order valence-electron chi connectivity index (χ0n) is 13.6. The molecule has 1 N–H and O–H groups in total. The first-order chi connectivity index (χ1) is 12.6. The van der Waals surface area contributed by atoms with Crippen LogP contribution in [0.5, 0.6) is 5.75 Å². The van der Waals surface area contributed by atoms with Gasteiger partial charge >= 0.3 is 12.3 Å². The molecular weight excluding hydrogens is 377 g/mol. The van der Waals surface area contributed by atoms with Crippen molar-refractivity contribution in [3.8, 4) is 5.75 Å². The molecule has 1 amide bonds. The second-order valence-corrected chi connectivity index (χ2v) is 5.21. The van der Waals surface area contributed by atoms with Crippen LogP contribution in [-0.4, -0.2) is 24.3 Å². The molecule has 27 heavy (non-hydrogen) atoms. The van der Waals surface area contributed by atoms with E-state index in [2.05, 4.69) is 10.1 Å². The molecule has 0 saturated heterocycles. The summed E-state index contributed by atoms with van der Waals surface area (Å²) in [6.07, 6.45) is -6.28. The van der Waals surface area contributed by atoms with E-state index in [1.54, 1.807) is 0 Å². The lowest BCUT2D eigenvalue weighted by Crippen LogP contribution is -2.30. The van der Waals surface area contributed by atoms with Crippen LogP contribution in [0.2, 0.25) is 0 Å². The highest BCUT2D eigenvalue weighted by atomic mass is 19.4. The van der Waals surface area contributed by atoms with Crippen LogP contribution in [0.1, 0.15) is 17.3 Å². The highest BCUT2D eigenvalue weighted by Crippen LogP contribution is 2.24. The fraction of sp³-hybridized carbons (Fsp3) is 0.176. The molecule has 1 unspecified atom stereocenters. The van der Waals surface area contributed by atoms with Gasteiger partial charge in [0.2, 0.25) is 0 Å². The molecule has 144 valence electrons. The average Bonchev–Trinajstić information content (AvgIpc) is 2.55. The van der Waals surface area contributed by atoms with Gasteiger partial charge in [0, 0.05) is 5.69 Å². The predicted molar refractivity (Wildman–Crippen MR) is 83.0 cm³/mol. The lowest BCUT2D eigenvalue weighted by molar-refractivity contribution is -0.274. The van der Waals surface area contributed by atoms with Gasteiger partial charge in [-0.15, -0.1) is 13.2 Å². The Morgan fingerprint density at radius 2 is 1.56 bits per heavy atom. The van der Waals surface area contributed by atoms with Gasteiger partial charge in [-0.2, -0.15) is 0 Å². The van der Waals surface area contributed by atoms with Crippen molar-refractivity contribution in [2.75, 3.05) is 5.32 Å². The van der Waals surface area contributed by atoms with E-state index in [4.69, 9.17) is 4.74 Å². The second kappa shape index (κ2) is 8.02. The summed E-state index contributed by atoms with van der Waals surface area (Å²) in [5, 5.41) is 2.28. The molecule has 10 heteroatoms. The first-order valence-corrected chi connectivity index (χ1v) is 7.38. The van der Waals surface area contributed by atoms with Crippen LogP contribution >= 0.6 is 0 Å². The molecule has 0 aliphatic rings. The molecule has 2 rings (SSSR count). The van der Waals surface area contributed by atoms with Crippen molar-refractivity contribution >= 4 is 17.6 Å². The molecule has 0 aromatic heterocycles. The molecule has 0 spiro atoms. The van der Waals surface area contributed by atoms with Crippen LogP contribution in [0, 0.1) is 11.6 Å². The van der Waals surface area contributed by atoms with E-state index < -0.39 is 47.3 Å². The van der Waals surface area contributed by atoms with Gasteiger partial charge in [0.05, 0.1) is 0 Å². The van der Waals surface area contributed by atoms with E-state index in [-0.39, 0.29) is 5.69 Å². The molecule has 2 aromatic carbocycles. The summed E-state index contributed by atoms with van der Waals surface area (Å²) < 4.78 is 71.7. The van der Waals surface area contributed by atoms with Crippen molar-refractivity contribution in [3.63, 3.8) is 0 Å². The van der Waals surface area contributed by atoms with Crippen LogP contribution < -0.4 is 10.1 Å². The van der Waals surface area contributed by atoms with E-state index in [9.17, 15) is 31.5 Å². The Balaban J connectivity index is 1.98. The number of ether oxygens (including phenoxy) is 2. The highest BCUT2D eigenvalue weighted by molar-refractivity contribution is 5.97. The second-order valence-electron chi connectivity index (χ2n) is 5.21. The molecule has 0 radical (unpaired) electrons. The van der Waals surface area contributed by atoms with Gasteiger partial charge in [-0.25, -0.2) is 13.6 Å². The molecule has 5 nitrogen and oxygen atoms in total. The van der Waals surface area contributed by atoms with Gasteiger partial charge in [0.25, 0.3) is 5.91 Å². The van der Waals surface area contributed by atoms with Crippen LogP contribution in [0.3, 0.4) is 0 Å². The molecule has 0 aliphatic carbocycles. The predicted octanol–water partition coefficient (Wildman–Crippen LogP) is 4.05. The smallest absolute Gasteiger partial charge is 0.449 e. The summed E-state index contributed by atoms with van der Waals surface area (Å²) >= 11 is 0. The zero-order chi connectivity index (χ0) is 20.2. The van der Waals surface area contributed by atoms with Gasteiger partial charge in [-0.1, -0.05) is 6.07 Å². The van der Waals surface area contributed by atoms with Crippen LogP contribution in [0.4, 0.5) is 27.6 Å². The van der Waals surface area contributed by atoms with Crippen LogP contribution in [0.15, 0.2) is 42.5 Å². The Hall–Kier alpha value is -3.17. The monoisotopic (exact) mass is 389 g/mol. The third-order valence-electron chi connectivity index (χ3n) is 3.18. The SMILES string of the molecule is CC(OC(=O)c1c(F)cccc1F)C(=O)Nc1ccc(OC(F)(F)F)cc1. The Labute approximate surface area is 149 Å². The van der Waals surface area contributed by atoms with Gasteiger partial charge in [-0.05, 0) is 43.3 Å². The third kappa shape index (κ3) is 5.66. The van der Waals surface area contributed by atoms with E-state index in [1.807, 2.05) is 0 Å². The van der Waals surface area contributed by atoms with Crippen molar-refractivity contribution < 1.29 is 41.0 Å². The van der Waals surface area contributed by atoms with Crippen molar-refractivity contribution in [1.29, 1.82) is 0 Å². The standard InChI is InChI=1S/C17H12F5NO4/c1-9(26-16(25)14-12(18)3-2-4-13(14)19)15(24)23-10-5-7-11(8-6-10)27-17(20,21)22/h2-9H,1H3,(H,23,24). The topological polar surface area (TPSA) is 64.6 Å². The number of benzene rings is 2. The lowest BCUT2D eigenvalue weighted by atomic mass is 10.2. The molecular formula is C17H12F5NO4. The first kappa shape index (κ1) is 20.1.